The third kappa shape index (κ3) is 0.804. The third-order valence-corrected chi connectivity index (χ3v) is 4.84. The number of carbonyl (C=O) groups is 1. The van der Waals surface area contributed by atoms with Crippen LogP contribution in [0.4, 0.5) is 0 Å². The topological polar surface area (TPSA) is 29.1 Å². The molecule has 2 aliphatic carbocycles. The second-order valence-electron chi connectivity index (χ2n) is 5.33. The Balaban J connectivity index is 2.44. The van der Waals surface area contributed by atoms with E-state index in [4.69, 9.17) is 0 Å². The molecule has 0 spiro atoms. The van der Waals surface area contributed by atoms with Crippen molar-refractivity contribution in [2.75, 3.05) is 7.05 Å². The van der Waals surface area contributed by atoms with Crippen LogP contribution in [-0.2, 0) is 4.79 Å². The van der Waals surface area contributed by atoms with Crippen LogP contribution in [0.3, 0.4) is 0 Å². The average molecular weight is 181 g/mol. The standard InChI is InChI=1S/C11H19NO/c1-10(2)7-5-6-11(10,3)9(13)8(7)12-4/h7-8,12H,5-6H2,1-4H3/t7-,8+,11+/m0/s1. The van der Waals surface area contributed by atoms with Gasteiger partial charge in [0.15, 0.2) is 5.78 Å². The Labute approximate surface area is 80.1 Å². The van der Waals surface area contributed by atoms with Crippen molar-refractivity contribution in [3.05, 3.63) is 0 Å². The molecule has 0 saturated heterocycles. The van der Waals surface area contributed by atoms with E-state index in [9.17, 15) is 4.79 Å². The predicted molar refractivity (Wildman–Crippen MR) is 52.5 cm³/mol. The molecule has 3 atom stereocenters. The van der Waals surface area contributed by atoms with Gasteiger partial charge in [-0.25, -0.2) is 0 Å². The molecule has 0 unspecified atom stereocenters. The number of rotatable bonds is 1. The van der Waals surface area contributed by atoms with Crippen molar-refractivity contribution in [2.24, 2.45) is 16.7 Å². The minimum Gasteiger partial charge on any atom is -0.310 e. The number of ketones is 1. The SMILES string of the molecule is CN[C@H]1C(=O)[C@@]2(C)CC[C@@H]1C2(C)C. The maximum Gasteiger partial charge on any atom is 0.156 e. The monoisotopic (exact) mass is 181 g/mol. The van der Waals surface area contributed by atoms with Crippen LogP contribution in [0.5, 0.6) is 0 Å². The van der Waals surface area contributed by atoms with Crippen molar-refractivity contribution in [1.82, 2.24) is 5.32 Å². The highest BCUT2D eigenvalue weighted by Crippen LogP contribution is 2.63. The fraction of sp³-hybridized carbons (Fsp3) is 0.909. The fourth-order valence-corrected chi connectivity index (χ4v) is 3.42. The van der Waals surface area contributed by atoms with E-state index < -0.39 is 0 Å². The Morgan fingerprint density at radius 3 is 2.31 bits per heavy atom. The number of hydrogen-bond acceptors (Lipinski definition) is 2. The molecule has 2 fully saturated rings. The van der Waals surface area contributed by atoms with Crippen LogP contribution in [0.1, 0.15) is 33.6 Å². The number of carbonyl (C=O) groups excluding carboxylic acids is 1. The fourth-order valence-electron chi connectivity index (χ4n) is 3.42. The zero-order chi connectivity index (χ0) is 9.85. The van der Waals surface area contributed by atoms with Crippen LogP contribution in [0.15, 0.2) is 0 Å². The highest BCUT2D eigenvalue weighted by Gasteiger charge is 2.65. The molecule has 0 aromatic rings. The first-order valence-electron chi connectivity index (χ1n) is 5.17. The summed E-state index contributed by atoms with van der Waals surface area (Å²) in [5, 5.41) is 3.18. The van der Waals surface area contributed by atoms with Crippen molar-refractivity contribution in [1.29, 1.82) is 0 Å². The molecular formula is C11H19NO. The molecule has 0 aromatic carbocycles. The van der Waals surface area contributed by atoms with E-state index in [0.717, 1.165) is 6.42 Å². The third-order valence-electron chi connectivity index (χ3n) is 4.84. The van der Waals surface area contributed by atoms with Crippen molar-refractivity contribution < 1.29 is 4.79 Å². The summed E-state index contributed by atoms with van der Waals surface area (Å²) >= 11 is 0. The highest BCUT2D eigenvalue weighted by molar-refractivity contribution is 5.94. The van der Waals surface area contributed by atoms with Crippen molar-refractivity contribution in [3.8, 4) is 0 Å². The lowest BCUT2D eigenvalue weighted by molar-refractivity contribution is -0.129. The van der Waals surface area contributed by atoms with E-state index in [0.29, 0.717) is 11.7 Å². The summed E-state index contributed by atoms with van der Waals surface area (Å²) in [6.07, 6.45) is 2.29. The summed E-state index contributed by atoms with van der Waals surface area (Å²) < 4.78 is 0. The van der Waals surface area contributed by atoms with E-state index in [2.05, 4.69) is 26.1 Å². The number of nitrogens with one attached hydrogen (secondary N) is 1. The summed E-state index contributed by atoms with van der Waals surface area (Å²) in [5.41, 5.74) is 0.128. The van der Waals surface area contributed by atoms with Gasteiger partial charge in [-0.1, -0.05) is 20.8 Å². The lowest BCUT2D eigenvalue weighted by Gasteiger charge is -2.32. The molecule has 2 saturated carbocycles. The van der Waals surface area contributed by atoms with Gasteiger partial charge in [0.05, 0.1) is 6.04 Å². The van der Waals surface area contributed by atoms with Crippen LogP contribution in [0.2, 0.25) is 0 Å². The van der Waals surface area contributed by atoms with Gasteiger partial charge in [-0.15, -0.1) is 0 Å². The molecule has 0 amide bonds. The summed E-state index contributed by atoms with van der Waals surface area (Å²) in [7, 11) is 1.91. The lowest BCUT2D eigenvalue weighted by Crippen LogP contribution is -2.41. The molecule has 1 N–H and O–H groups in total. The molecule has 2 aliphatic rings. The number of likely N-dealkylation sites (N-methyl/N-ethyl adjacent to an activating group) is 1. The van der Waals surface area contributed by atoms with Gasteiger partial charge in [0.1, 0.15) is 0 Å². The molecule has 2 heteroatoms. The van der Waals surface area contributed by atoms with Crippen molar-refractivity contribution >= 4 is 5.78 Å². The maximum absolute atomic E-state index is 12.1. The van der Waals surface area contributed by atoms with E-state index >= 15 is 0 Å². The maximum atomic E-state index is 12.1. The molecule has 2 bridgehead atoms. The van der Waals surface area contributed by atoms with Gasteiger partial charge in [0.25, 0.3) is 0 Å². The van der Waals surface area contributed by atoms with E-state index in [1.54, 1.807) is 0 Å². The smallest absolute Gasteiger partial charge is 0.156 e. The van der Waals surface area contributed by atoms with Gasteiger partial charge < -0.3 is 5.32 Å². The first-order chi connectivity index (χ1) is 5.95. The van der Waals surface area contributed by atoms with Crippen LogP contribution >= 0.6 is 0 Å². The average Bonchev–Trinajstić information content (AvgIpc) is 2.36. The molecule has 74 valence electrons. The largest absolute Gasteiger partial charge is 0.310 e. The quantitative estimate of drug-likeness (QED) is 0.665. The van der Waals surface area contributed by atoms with Gasteiger partial charge in [0, 0.05) is 5.41 Å². The first-order valence-corrected chi connectivity index (χ1v) is 5.17. The zero-order valence-corrected chi connectivity index (χ0v) is 8.98. The van der Waals surface area contributed by atoms with Gasteiger partial charge in [-0.2, -0.15) is 0 Å². The van der Waals surface area contributed by atoms with Crippen molar-refractivity contribution in [3.63, 3.8) is 0 Å². The van der Waals surface area contributed by atoms with Crippen LogP contribution < -0.4 is 5.32 Å². The van der Waals surface area contributed by atoms with E-state index in [1.165, 1.54) is 6.42 Å². The van der Waals surface area contributed by atoms with E-state index in [1.807, 2.05) is 7.05 Å². The molecule has 0 radical (unpaired) electrons. The minimum atomic E-state index is -0.0641. The normalized spacial score (nSPS) is 47.2. The second-order valence-corrected chi connectivity index (χ2v) is 5.33. The Bertz CT molecular complexity index is 259. The lowest BCUT2D eigenvalue weighted by atomic mass is 9.70. The molecular weight excluding hydrogens is 162 g/mol. The summed E-state index contributed by atoms with van der Waals surface area (Å²) in [6.45, 7) is 6.65. The number of hydrogen-bond donors (Lipinski definition) is 1. The molecule has 0 aromatic heterocycles. The molecule has 2 nitrogen and oxygen atoms in total. The van der Waals surface area contributed by atoms with Gasteiger partial charge in [-0.05, 0) is 31.2 Å². The first kappa shape index (κ1) is 9.20. The summed E-state index contributed by atoms with van der Waals surface area (Å²) in [6, 6.07) is 0.119. The van der Waals surface area contributed by atoms with E-state index in [-0.39, 0.29) is 16.9 Å². The van der Waals surface area contributed by atoms with Gasteiger partial charge >= 0.3 is 0 Å². The minimum absolute atomic E-state index is 0.0641. The van der Waals surface area contributed by atoms with Gasteiger partial charge in [0.2, 0.25) is 0 Å². The van der Waals surface area contributed by atoms with Gasteiger partial charge in [-0.3, -0.25) is 4.79 Å². The molecule has 2 rings (SSSR count). The second kappa shape index (κ2) is 2.35. The number of fused-ring (bicyclic) bond motifs is 2. The van der Waals surface area contributed by atoms with Crippen LogP contribution in [0.25, 0.3) is 0 Å². The van der Waals surface area contributed by atoms with Crippen molar-refractivity contribution in [2.45, 2.75) is 39.7 Å². The molecule has 13 heavy (non-hydrogen) atoms. The van der Waals surface area contributed by atoms with Crippen LogP contribution in [0, 0.1) is 16.7 Å². The molecule has 0 heterocycles. The Hall–Kier alpha value is -0.370. The Morgan fingerprint density at radius 1 is 1.38 bits per heavy atom. The highest BCUT2D eigenvalue weighted by atomic mass is 16.1. The summed E-state index contributed by atoms with van der Waals surface area (Å²) in [4.78, 5) is 12.1. The zero-order valence-electron chi connectivity index (χ0n) is 8.98. The number of Topliss-reactive ketones (excluding diaryl/α,β-unsaturated/α-hetero) is 1. The van der Waals surface area contributed by atoms with Crippen LogP contribution in [-0.4, -0.2) is 18.9 Å². The molecule has 0 aliphatic heterocycles. The Kier molecular flexibility index (Phi) is 1.66. The predicted octanol–water partition coefficient (Wildman–Crippen LogP) is 1.60. The summed E-state index contributed by atoms with van der Waals surface area (Å²) in [5.74, 6) is 0.992. The Morgan fingerprint density at radius 2 is 2.00 bits per heavy atom.